The molecular weight excluding hydrogens is 475 g/mol. The summed E-state index contributed by atoms with van der Waals surface area (Å²) in [7, 11) is 0. The minimum absolute atomic E-state index is 0.175. The van der Waals surface area contributed by atoms with Gasteiger partial charge in [-0.2, -0.15) is 0 Å². The van der Waals surface area contributed by atoms with Gasteiger partial charge in [-0.3, -0.25) is 0 Å². The number of halogens is 3. The first kappa shape index (κ1) is 25.8. The Kier molecular flexibility index (Phi) is 7.73. The molecular formula is C26H30F3N3O4. The highest BCUT2D eigenvalue weighted by molar-refractivity contribution is 5.82. The van der Waals surface area contributed by atoms with E-state index in [0.717, 1.165) is 25.7 Å². The Hall–Kier alpha value is -3.27. The number of ether oxygens (including phenoxy) is 2. The normalized spacial score (nSPS) is 20.8. The first-order valence-electron chi connectivity index (χ1n) is 12.0. The fourth-order valence-corrected chi connectivity index (χ4v) is 4.90. The molecule has 194 valence electrons. The molecule has 1 saturated carbocycles. The lowest BCUT2D eigenvalue weighted by Crippen LogP contribution is -2.45. The molecule has 3 N–H and O–H groups in total. The van der Waals surface area contributed by atoms with Gasteiger partial charge in [0, 0.05) is 18.9 Å². The molecule has 36 heavy (non-hydrogen) atoms. The number of hydrogen-bond acceptors (Lipinski definition) is 5. The summed E-state index contributed by atoms with van der Waals surface area (Å²) in [6.07, 6.45) is -1.18. The van der Waals surface area contributed by atoms with Gasteiger partial charge in [0.05, 0.1) is 13.1 Å². The largest absolute Gasteiger partial charge is 0.573 e. The van der Waals surface area contributed by atoms with Gasteiger partial charge in [0.2, 0.25) is 0 Å². The second-order valence-electron chi connectivity index (χ2n) is 9.24. The first-order valence-corrected chi connectivity index (χ1v) is 12.0. The molecule has 0 radical (unpaired) electrons. The number of nitrogens with two attached hydrogens (primary N) is 1. The van der Waals surface area contributed by atoms with Gasteiger partial charge in [0.25, 0.3) is 0 Å². The second-order valence-corrected chi connectivity index (χ2v) is 9.24. The molecule has 2 fully saturated rings. The molecule has 1 saturated heterocycles. The van der Waals surface area contributed by atoms with E-state index in [1.165, 1.54) is 24.3 Å². The van der Waals surface area contributed by atoms with E-state index in [4.69, 9.17) is 10.5 Å². The van der Waals surface area contributed by atoms with Crippen molar-refractivity contribution in [2.45, 2.75) is 56.7 Å². The predicted molar refractivity (Wildman–Crippen MR) is 127 cm³/mol. The zero-order valence-electron chi connectivity index (χ0n) is 19.8. The molecule has 1 aliphatic heterocycles. The lowest BCUT2D eigenvalue weighted by atomic mass is 9.80. The van der Waals surface area contributed by atoms with Crippen LogP contribution in [0.2, 0.25) is 0 Å². The van der Waals surface area contributed by atoms with E-state index < -0.39 is 24.0 Å². The van der Waals surface area contributed by atoms with Gasteiger partial charge in [-0.15, -0.1) is 13.2 Å². The van der Waals surface area contributed by atoms with E-state index in [0.29, 0.717) is 30.6 Å². The molecule has 1 heterocycles. The zero-order valence-corrected chi connectivity index (χ0v) is 19.8. The number of esters is 1. The fraction of sp³-hybridized carbons (Fsp3) is 0.462. The van der Waals surface area contributed by atoms with Gasteiger partial charge >= 0.3 is 12.3 Å². The minimum Gasteiger partial charge on any atom is -0.458 e. The topological polar surface area (TPSA) is 97.4 Å². The molecule has 2 unspecified atom stereocenters. The summed E-state index contributed by atoms with van der Waals surface area (Å²) in [6, 6.07) is 14.4. The predicted octanol–water partition coefficient (Wildman–Crippen LogP) is 4.10. The highest BCUT2D eigenvalue weighted by Gasteiger charge is 2.48. The van der Waals surface area contributed by atoms with Crippen LogP contribution in [0.25, 0.3) is 0 Å². The molecule has 0 aromatic heterocycles. The summed E-state index contributed by atoms with van der Waals surface area (Å²) >= 11 is 0. The summed E-state index contributed by atoms with van der Waals surface area (Å²) < 4.78 is 46.6. The maximum atomic E-state index is 13.3. The van der Waals surface area contributed by atoms with Crippen molar-refractivity contribution < 1.29 is 32.5 Å². The summed E-state index contributed by atoms with van der Waals surface area (Å²) in [4.78, 5) is 19.4. The van der Waals surface area contributed by atoms with Crippen LogP contribution in [-0.4, -0.2) is 47.5 Å². The van der Waals surface area contributed by atoms with Crippen LogP contribution in [0.1, 0.15) is 43.2 Å². The number of aliphatic imine (C=N–C) groups is 1. The van der Waals surface area contributed by atoms with Crippen LogP contribution >= 0.6 is 0 Å². The molecule has 2 aromatic rings. The number of nitrogens with zero attached hydrogens (tertiary/aromatic N) is 2. The summed E-state index contributed by atoms with van der Waals surface area (Å²) in [5, 5.41) is 11.6. The molecule has 2 aliphatic rings. The van der Waals surface area contributed by atoms with Crippen LogP contribution in [0.4, 0.5) is 13.2 Å². The van der Waals surface area contributed by atoms with E-state index >= 15 is 0 Å². The molecule has 0 bridgehead atoms. The summed E-state index contributed by atoms with van der Waals surface area (Å²) in [6.45, 7) is 1.04. The minimum atomic E-state index is -4.74. The van der Waals surface area contributed by atoms with Crippen LogP contribution in [0.5, 0.6) is 5.75 Å². The highest BCUT2D eigenvalue weighted by atomic mass is 19.4. The summed E-state index contributed by atoms with van der Waals surface area (Å²) in [5.74, 6) is -0.882. The van der Waals surface area contributed by atoms with Crippen molar-refractivity contribution in [3.8, 4) is 5.75 Å². The van der Waals surface area contributed by atoms with E-state index in [1.54, 1.807) is 29.2 Å². The fourth-order valence-electron chi connectivity index (χ4n) is 4.90. The van der Waals surface area contributed by atoms with Crippen molar-refractivity contribution in [1.29, 1.82) is 0 Å². The second kappa shape index (κ2) is 10.8. The van der Waals surface area contributed by atoms with E-state index in [-0.39, 0.29) is 24.2 Å². The van der Waals surface area contributed by atoms with E-state index in [2.05, 4.69) is 9.73 Å². The number of hydrogen-bond donors (Lipinski definition) is 2. The number of aliphatic hydroxyl groups is 1. The van der Waals surface area contributed by atoms with Crippen molar-refractivity contribution >= 4 is 11.9 Å². The third kappa shape index (κ3) is 6.10. The van der Waals surface area contributed by atoms with Gasteiger partial charge < -0.3 is 25.2 Å². The number of carbonyl (C=O) groups is 1. The molecule has 2 aromatic carbocycles. The Morgan fingerprint density at radius 3 is 2.36 bits per heavy atom. The SMILES string of the molecule is NC(=NCc1ccc(OC(F)(F)F)cc1)N1CCC(OC(=O)C(O)(c2ccccc2)C2CCCC2)C1. The van der Waals surface area contributed by atoms with Crippen LogP contribution in [0, 0.1) is 5.92 Å². The number of guanidine groups is 1. The van der Waals surface area contributed by atoms with Crippen LogP contribution in [-0.2, 0) is 21.7 Å². The molecule has 2 atom stereocenters. The van der Waals surface area contributed by atoms with Gasteiger partial charge in [0.1, 0.15) is 11.9 Å². The van der Waals surface area contributed by atoms with Gasteiger partial charge in [-0.1, -0.05) is 55.3 Å². The number of rotatable bonds is 7. The first-order chi connectivity index (χ1) is 17.1. The molecule has 7 nitrogen and oxygen atoms in total. The van der Waals surface area contributed by atoms with Crippen molar-refractivity contribution in [2.24, 2.45) is 16.6 Å². The number of likely N-dealkylation sites (tertiary alicyclic amines) is 1. The number of benzene rings is 2. The van der Waals surface area contributed by atoms with Crippen molar-refractivity contribution in [3.05, 3.63) is 65.7 Å². The Labute approximate surface area is 207 Å². The average molecular weight is 506 g/mol. The Balaban J connectivity index is 1.35. The standard InChI is InChI=1S/C26H30F3N3O4/c27-26(28,29)36-21-12-10-18(11-13-21)16-31-24(30)32-15-14-22(17-32)35-23(33)25(34,20-8-4-5-9-20)19-6-2-1-3-7-19/h1-3,6-7,10-13,20,22,34H,4-5,8-9,14-17H2,(H2,30,31). The quantitative estimate of drug-likeness (QED) is 0.334. The maximum absolute atomic E-state index is 13.3. The third-order valence-corrected chi connectivity index (χ3v) is 6.79. The number of carbonyl (C=O) groups excluding carboxylic acids is 1. The Morgan fingerprint density at radius 1 is 1.06 bits per heavy atom. The van der Waals surface area contributed by atoms with Gasteiger partial charge in [-0.25, -0.2) is 9.79 Å². The van der Waals surface area contributed by atoms with Crippen LogP contribution < -0.4 is 10.5 Å². The molecule has 4 rings (SSSR count). The third-order valence-electron chi connectivity index (χ3n) is 6.79. The van der Waals surface area contributed by atoms with Crippen LogP contribution in [0.15, 0.2) is 59.6 Å². The van der Waals surface area contributed by atoms with Crippen molar-refractivity contribution in [3.63, 3.8) is 0 Å². The lowest BCUT2D eigenvalue weighted by Gasteiger charge is -2.33. The highest BCUT2D eigenvalue weighted by Crippen LogP contribution is 2.42. The lowest BCUT2D eigenvalue weighted by molar-refractivity contribution is -0.274. The van der Waals surface area contributed by atoms with Gasteiger partial charge in [-0.05, 0) is 36.1 Å². The number of alkyl halides is 3. The molecule has 1 aliphatic carbocycles. The summed E-state index contributed by atoms with van der Waals surface area (Å²) in [5.41, 5.74) is 5.65. The Morgan fingerprint density at radius 2 is 1.72 bits per heavy atom. The zero-order chi connectivity index (χ0) is 25.8. The van der Waals surface area contributed by atoms with Gasteiger partial charge in [0.15, 0.2) is 11.6 Å². The molecule has 0 amide bonds. The van der Waals surface area contributed by atoms with Crippen molar-refractivity contribution in [2.75, 3.05) is 13.1 Å². The van der Waals surface area contributed by atoms with Crippen molar-refractivity contribution in [1.82, 2.24) is 4.90 Å². The molecule has 10 heteroatoms. The van der Waals surface area contributed by atoms with E-state index in [1.807, 2.05) is 6.07 Å². The van der Waals surface area contributed by atoms with E-state index in [9.17, 15) is 23.1 Å². The Bertz CT molecular complexity index is 1060. The molecule has 0 spiro atoms. The van der Waals surface area contributed by atoms with Crippen LogP contribution in [0.3, 0.4) is 0 Å². The monoisotopic (exact) mass is 505 g/mol. The smallest absolute Gasteiger partial charge is 0.458 e. The average Bonchev–Trinajstić information content (AvgIpc) is 3.55. The maximum Gasteiger partial charge on any atom is 0.573 e.